The standard InChI is InChI=1S/C22H23NOS2/c1-4-7-15(2)23-13-12-17-19(23)11-10-18(22(17)26(3)24)21-14-16-8-5-6-9-20(16)25-21/h5-6,8-15H,4,7H2,1-3H3. The molecule has 0 saturated heterocycles. The van der Waals surface area contributed by atoms with Crippen LogP contribution in [0, 0.1) is 0 Å². The van der Waals surface area contributed by atoms with Gasteiger partial charge in [0, 0.05) is 27.4 Å². The van der Waals surface area contributed by atoms with E-state index in [1.54, 1.807) is 17.6 Å². The first-order chi connectivity index (χ1) is 12.6. The lowest BCUT2D eigenvalue weighted by atomic mass is 10.1. The van der Waals surface area contributed by atoms with E-state index in [1.165, 1.54) is 20.5 Å². The molecule has 4 aromatic rings. The van der Waals surface area contributed by atoms with Crippen LogP contribution in [0.3, 0.4) is 0 Å². The maximum Gasteiger partial charge on any atom is 0.170 e. The molecule has 2 aromatic heterocycles. The van der Waals surface area contributed by atoms with E-state index in [4.69, 9.17) is 0 Å². The fourth-order valence-electron chi connectivity index (χ4n) is 3.77. The molecule has 0 aliphatic rings. The molecule has 0 radical (unpaired) electrons. The Bertz CT molecular complexity index is 1030. The van der Waals surface area contributed by atoms with Crippen molar-refractivity contribution in [1.82, 2.24) is 4.57 Å². The third kappa shape index (κ3) is 2.96. The van der Waals surface area contributed by atoms with E-state index in [0.29, 0.717) is 6.04 Å². The Balaban J connectivity index is 1.91. The van der Waals surface area contributed by atoms with Crippen LogP contribution in [0.4, 0.5) is 0 Å². The van der Waals surface area contributed by atoms with Crippen molar-refractivity contribution in [1.29, 1.82) is 0 Å². The van der Waals surface area contributed by atoms with Crippen molar-refractivity contribution < 1.29 is 4.55 Å². The van der Waals surface area contributed by atoms with Crippen molar-refractivity contribution in [3.63, 3.8) is 0 Å². The van der Waals surface area contributed by atoms with Crippen LogP contribution < -0.4 is 0 Å². The molecule has 2 heterocycles. The minimum absolute atomic E-state index is 0.450. The number of hydrogen-bond donors (Lipinski definition) is 0. The van der Waals surface area contributed by atoms with Crippen LogP contribution in [0.5, 0.6) is 0 Å². The minimum Gasteiger partial charge on any atom is -0.612 e. The van der Waals surface area contributed by atoms with Crippen molar-refractivity contribution in [2.24, 2.45) is 0 Å². The van der Waals surface area contributed by atoms with Crippen molar-refractivity contribution in [3.8, 4) is 10.4 Å². The highest BCUT2D eigenvalue weighted by molar-refractivity contribution is 7.91. The summed E-state index contributed by atoms with van der Waals surface area (Å²) in [5.41, 5.74) is 2.28. The smallest absolute Gasteiger partial charge is 0.170 e. The average Bonchev–Trinajstić information content (AvgIpc) is 3.24. The highest BCUT2D eigenvalue weighted by atomic mass is 32.2. The Morgan fingerprint density at radius 3 is 2.69 bits per heavy atom. The molecular weight excluding hydrogens is 358 g/mol. The summed E-state index contributed by atoms with van der Waals surface area (Å²) in [7, 11) is 0. The van der Waals surface area contributed by atoms with Gasteiger partial charge in [0.15, 0.2) is 4.90 Å². The highest BCUT2D eigenvalue weighted by Crippen LogP contribution is 2.40. The van der Waals surface area contributed by atoms with E-state index < -0.39 is 11.2 Å². The maximum absolute atomic E-state index is 12.7. The summed E-state index contributed by atoms with van der Waals surface area (Å²) in [5, 5.41) is 2.36. The van der Waals surface area contributed by atoms with Crippen LogP contribution in [0.25, 0.3) is 31.4 Å². The first kappa shape index (κ1) is 17.7. The fourth-order valence-corrected chi connectivity index (χ4v) is 5.90. The van der Waals surface area contributed by atoms with Gasteiger partial charge in [0.1, 0.15) is 6.26 Å². The second-order valence-electron chi connectivity index (χ2n) is 6.84. The topological polar surface area (TPSA) is 28.0 Å². The van der Waals surface area contributed by atoms with Gasteiger partial charge >= 0.3 is 0 Å². The van der Waals surface area contributed by atoms with Crippen LogP contribution in [-0.4, -0.2) is 15.4 Å². The van der Waals surface area contributed by atoms with Gasteiger partial charge in [-0.1, -0.05) is 31.5 Å². The van der Waals surface area contributed by atoms with Gasteiger partial charge in [0.05, 0.1) is 10.9 Å². The molecule has 0 N–H and O–H groups in total. The quantitative estimate of drug-likeness (QED) is 0.357. The zero-order valence-corrected chi connectivity index (χ0v) is 17.0. The largest absolute Gasteiger partial charge is 0.612 e. The van der Waals surface area contributed by atoms with Gasteiger partial charge in [-0.15, -0.1) is 11.3 Å². The number of thiophene rings is 1. The van der Waals surface area contributed by atoms with Crippen LogP contribution >= 0.6 is 11.3 Å². The maximum atomic E-state index is 12.7. The van der Waals surface area contributed by atoms with Crippen molar-refractivity contribution >= 4 is 43.5 Å². The average molecular weight is 382 g/mol. The van der Waals surface area contributed by atoms with Gasteiger partial charge in [-0.2, -0.15) is 0 Å². The molecule has 4 heteroatoms. The molecular formula is C22H23NOS2. The van der Waals surface area contributed by atoms with E-state index in [0.717, 1.165) is 28.7 Å². The second-order valence-corrected chi connectivity index (χ2v) is 9.24. The van der Waals surface area contributed by atoms with Crippen LogP contribution in [-0.2, 0) is 11.2 Å². The Hall–Kier alpha value is -1.75. The zero-order chi connectivity index (χ0) is 18.3. The summed E-state index contributed by atoms with van der Waals surface area (Å²) >= 11 is 0.723. The Morgan fingerprint density at radius 1 is 1.15 bits per heavy atom. The molecule has 134 valence electrons. The van der Waals surface area contributed by atoms with Crippen LogP contribution in [0.2, 0.25) is 0 Å². The zero-order valence-electron chi connectivity index (χ0n) is 15.4. The fraction of sp³-hybridized carbons (Fsp3) is 0.273. The number of nitrogens with zero attached hydrogens (tertiary/aromatic N) is 1. The van der Waals surface area contributed by atoms with E-state index in [9.17, 15) is 4.55 Å². The molecule has 0 saturated carbocycles. The van der Waals surface area contributed by atoms with Gasteiger partial charge < -0.3 is 9.12 Å². The summed E-state index contributed by atoms with van der Waals surface area (Å²) < 4.78 is 16.3. The predicted octanol–water partition coefficient (Wildman–Crippen LogP) is 6.62. The van der Waals surface area contributed by atoms with Crippen molar-refractivity contribution in [2.45, 2.75) is 37.6 Å². The van der Waals surface area contributed by atoms with Gasteiger partial charge in [-0.3, -0.25) is 0 Å². The SMILES string of the molecule is CCCC(C)n1ccc2c([S+](C)[O-])c(-c3cc4ccccc4s3)ccc21. The summed E-state index contributed by atoms with van der Waals surface area (Å²) in [6.45, 7) is 4.47. The number of aromatic nitrogens is 1. The van der Waals surface area contributed by atoms with E-state index >= 15 is 0 Å². The lowest BCUT2D eigenvalue weighted by Gasteiger charge is -2.16. The Kier molecular flexibility index (Phi) is 4.82. The Morgan fingerprint density at radius 2 is 1.96 bits per heavy atom. The summed E-state index contributed by atoms with van der Waals surface area (Å²) in [6.07, 6.45) is 6.24. The number of benzene rings is 2. The van der Waals surface area contributed by atoms with Crippen molar-refractivity contribution in [3.05, 3.63) is 54.7 Å². The minimum atomic E-state index is -1.05. The summed E-state index contributed by atoms with van der Waals surface area (Å²) in [6, 6.07) is 17.6. The van der Waals surface area contributed by atoms with Crippen LogP contribution in [0.15, 0.2) is 59.6 Å². The molecule has 2 atom stereocenters. The molecule has 2 unspecified atom stereocenters. The molecule has 0 aliphatic heterocycles. The lowest BCUT2D eigenvalue weighted by Crippen LogP contribution is -2.04. The van der Waals surface area contributed by atoms with Gasteiger partial charge in [0.2, 0.25) is 0 Å². The van der Waals surface area contributed by atoms with Gasteiger partial charge in [0.25, 0.3) is 0 Å². The molecule has 4 rings (SSSR count). The molecule has 2 aromatic carbocycles. The molecule has 0 fully saturated rings. The van der Waals surface area contributed by atoms with Crippen LogP contribution in [0.1, 0.15) is 32.7 Å². The summed E-state index contributed by atoms with van der Waals surface area (Å²) in [4.78, 5) is 2.14. The van der Waals surface area contributed by atoms with Crippen molar-refractivity contribution in [2.75, 3.05) is 6.26 Å². The normalized spacial score (nSPS) is 14.2. The Labute approximate surface area is 161 Å². The molecule has 2 nitrogen and oxygen atoms in total. The molecule has 26 heavy (non-hydrogen) atoms. The third-order valence-electron chi connectivity index (χ3n) is 5.01. The number of rotatable bonds is 5. The molecule has 0 spiro atoms. The van der Waals surface area contributed by atoms with E-state index in [1.807, 2.05) is 0 Å². The van der Waals surface area contributed by atoms with E-state index in [2.05, 4.69) is 73.1 Å². The van der Waals surface area contributed by atoms with E-state index in [-0.39, 0.29) is 0 Å². The lowest BCUT2D eigenvalue weighted by molar-refractivity contribution is 0.515. The monoisotopic (exact) mass is 381 g/mol. The molecule has 0 amide bonds. The van der Waals surface area contributed by atoms with Gasteiger partial charge in [-0.25, -0.2) is 0 Å². The van der Waals surface area contributed by atoms with Gasteiger partial charge in [-0.05, 0) is 60.2 Å². The highest BCUT2D eigenvalue weighted by Gasteiger charge is 2.22. The predicted molar refractivity (Wildman–Crippen MR) is 115 cm³/mol. The number of fused-ring (bicyclic) bond motifs is 2. The summed E-state index contributed by atoms with van der Waals surface area (Å²) in [5.74, 6) is 0. The molecule has 0 aliphatic carbocycles. The first-order valence-electron chi connectivity index (χ1n) is 9.06. The third-order valence-corrected chi connectivity index (χ3v) is 7.18. The first-order valence-corrected chi connectivity index (χ1v) is 11.4. The number of hydrogen-bond acceptors (Lipinski definition) is 2. The second kappa shape index (κ2) is 7.10. The molecule has 0 bridgehead atoms.